The van der Waals surface area contributed by atoms with Crippen LogP contribution >= 0.6 is 0 Å². The number of rotatable bonds is 3. The van der Waals surface area contributed by atoms with E-state index in [-0.39, 0.29) is 5.84 Å². The molecule has 2 aromatic heterocycles. The van der Waals surface area contributed by atoms with Crippen LogP contribution in [0.15, 0.2) is 42.9 Å². The number of nitrogen functional groups attached to an aromatic ring is 1. The summed E-state index contributed by atoms with van der Waals surface area (Å²) in [5.41, 5.74) is 9.41. The lowest BCUT2D eigenvalue weighted by Gasteiger charge is -2.12. The number of hydrogen-bond acceptors (Lipinski definition) is 4. The first kappa shape index (κ1) is 14.7. The van der Waals surface area contributed by atoms with Crippen LogP contribution in [0, 0.1) is 5.41 Å². The molecule has 0 fully saturated rings. The lowest BCUT2D eigenvalue weighted by molar-refractivity contribution is 0.158. The number of aromatic nitrogens is 2. The van der Waals surface area contributed by atoms with Crippen LogP contribution in [0.2, 0.25) is 0 Å². The Kier molecular flexibility index (Phi) is 3.76. The van der Waals surface area contributed by atoms with Gasteiger partial charge in [-0.2, -0.15) is 0 Å². The average Bonchev–Trinajstić information content (AvgIpc) is 3.05. The van der Waals surface area contributed by atoms with Crippen LogP contribution in [0.1, 0.15) is 11.3 Å². The maximum Gasteiger partial charge on any atom is 0.407 e. The highest BCUT2D eigenvalue weighted by atomic mass is 16.4. The summed E-state index contributed by atoms with van der Waals surface area (Å²) in [6.07, 6.45) is 5.99. The Hall–Kier alpha value is -3.22. The Labute approximate surface area is 132 Å². The third-order valence-corrected chi connectivity index (χ3v) is 3.67. The molecule has 23 heavy (non-hydrogen) atoms. The fraction of sp³-hybridized carbons (Fsp3) is 0.125. The van der Waals surface area contributed by atoms with E-state index in [9.17, 15) is 4.79 Å². The minimum Gasteiger partial charge on any atom is -0.465 e. The van der Waals surface area contributed by atoms with E-state index in [4.69, 9.17) is 16.2 Å². The molecule has 3 heterocycles. The largest absolute Gasteiger partial charge is 0.465 e. The summed E-state index contributed by atoms with van der Waals surface area (Å²) in [7, 11) is 0. The van der Waals surface area contributed by atoms with Crippen molar-refractivity contribution in [2.45, 2.75) is 0 Å². The first-order valence-corrected chi connectivity index (χ1v) is 6.98. The van der Waals surface area contributed by atoms with Gasteiger partial charge >= 0.3 is 6.09 Å². The molecular formula is C16H15N5O2. The molecule has 0 radical (unpaired) electrons. The molecule has 0 bridgehead atoms. The van der Waals surface area contributed by atoms with Crippen molar-refractivity contribution in [2.75, 3.05) is 13.1 Å². The van der Waals surface area contributed by atoms with Gasteiger partial charge in [-0.1, -0.05) is 6.08 Å². The average molecular weight is 309 g/mol. The molecule has 116 valence electrons. The smallest absolute Gasteiger partial charge is 0.407 e. The van der Waals surface area contributed by atoms with Crippen molar-refractivity contribution >= 4 is 17.5 Å². The van der Waals surface area contributed by atoms with Crippen LogP contribution < -0.4 is 5.73 Å². The maximum atomic E-state index is 11.0. The van der Waals surface area contributed by atoms with E-state index in [0.717, 1.165) is 22.3 Å². The third-order valence-electron chi connectivity index (χ3n) is 3.67. The quantitative estimate of drug-likeness (QED) is 0.590. The minimum absolute atomic E-state index is 0.0911. The molecule has 1 aliphatic heterocycles. The monoisotopic (exact) mass is 309 g/mol. The van der Waals surface area contributed by atoms with E-state index in [1.807, 2.05) is 18.2 Å². The van der Waals surface area contributed by atoms with Crippen LogP contribution in [0.25, 0.3) is 16.7 Å². The Bertz CT molecular complexity index is 816. The van der Waals surface area contributed by atoms with E-state index < -0.39 is 6.09 Å². The first-order valence-electron chi connectivity index (χ1n) is 6.98. The van der Waals surface area contributed by atoms with Crippen LogP contribution in [-0.2, 0) is 0 Å². The summed E-state index contributed by atoms with van der Waals surface area (Å²) in [6, 6.07) is 5.50. The first-order chi connectivity index (χ1) is 11.0. The van der Waals surface area contributed by atoms with Gasteiger partial charge in [0.05, 0.1) is 0 Å². The zero-order chi connectivity index (χ0) is 16.4. The number of nitrogens with two attached hydrogens (primary N) is 1. The topological polar surface area (TPSA) is 116 Å². The van der Waals surface area contributed by atoms with Crippen molar-refractivity contribution in [3.05, 3.63) is 54.1 Å². The van der Waals surface area contributed by atoms with E-state index >= 15 is 0 Å². The molecule has 0 saturated carbocycles. The summed E-state index contributed by atoms with van der Waals surface area (Å²) in [5, 5.41) is 16.5. The maximum absolute atomic E-state index is 11.0. The van der Waals surface area contributed by atoms with Crippen molar-refractivity contribution < 1.29 is 9.90 Å². The number of pyridine rings is 2. The van der Waals surface area contributed by atoms with Crippen molar-refractivity contribution in [3.63, 3.8) is 0 Å². The molecule has 1 amide bonds. The summed E-state index contributed by atoms with van der Waals surface area (Å²) in [4.78, 5) is 20.6. The van der Waals surface area contributed by atoms with Gasteiger partial charge in [-0.25, -0.2) is 4.79 Å². The van der Waals surface area contributed by atoms with Crippen LogP contribution in [-0.4, -0.2) is 45.0 Å². The van der Waals surface area contributed by atoms with Gasteiger partial charge in [0.2, 0.25) is 0 Å². The lowest BCUT2D eigenvalue weighted by Crippen LogP contribution is -2.26. The van der Waals surface area contributed by atoms with Gasteiger partial charge in [0.1, 0.15) is 11.5 Å². The SMILES string of the molecule is N=C(N)c1cc(-c2cncc(C3=CCN(C(=O)O)C3)c2)ccn1. The second-order valence-corrected chi connectivity index (χ2v) is 5.20. The van der Waals surface area contributed by atoms with Gasteiger partial charge < -0.3 is 15.7 Å². The van der Waals surface area contributed by atoms with Gasteiger partial charge in [-0.3, -0.25) is 15.4 Å². The van der Waals surface area contributed by atoms with Crippen molar-refractivity contribution in [2.24, 2.45) is 5.73 Å². The molecule has 3 rings (SSSR count). The van der Waals surface area contributed by atoms with Crippen LogP contribution in [0.5, 0.6) is 0 Å². The number of nitrogens with one attached hydrogen (secondary N) is 1. The Balaban J connectivity index is 1.91. The second kappa shape index (κ2) is 5.88. The highest BCUT2D eigenvalue weighted by molar-refractivity contribution is 5.94. The highest BCUT2D eigenvalue weighted by Gasteiger charge is 2.19. The normalized spacial score (nSPS) is 13.7. The molecule has 4 N–H and O–H groups in total. The van der Waals surface area contributed by atoms with Gasteiger partial charge in [0.25, 0.3) is 0 Å². The number of carboxylic acid groups (broad SMARTS) is 1. The summed E-state index contributed by atoms with van der Waals surface area (Å²) >= 11 is 0. The van der Waals surface area contributed by atoms with E-state index in [2.05, 4.69) is 9.97 Å². The molecule has 2 aromatic rings. The standard InChI is InChI=1S/C16H15N5O2/c17-15(18)14-6-10(1-3-20-14)12-5-13(8-19-7-12)11-2-4-21(9-11)16(22)23/h1-3,5-8H,4,9H2,(H3,17,18)(H,22,23). The molecule has 7 heteroatoms. The van der Waals surface area contributed by atoms with Crippen LogP contribution in [0.3, 0.4) is 0 Å². The van der Waals surface area contributed by atoms with Crippen molar-refractivity contribution in [1.29, 1.82) is 5.41 Å². The summed E-state index contributed by atoms with van der Waals surface area (Å²) in [6.45, 7) is 0.744. The number of amides is 1. The predicted molar refractivity (Wildman–Crippen MR) is 86.1 cm³/mol. The minimum atomic E-state index is -0.930. The lowest BCUT2D eigenvalue weighted by atomic mass is 10.0. The van der Waals surface area contributed by atoms with Gasteiger partial charge in [0, 0.05) is 37.2 Å². The molecule has 0 unspecified atom stereocenters. The third kappa shape index (κ3) is 3.03. The summed E-state index contributed by atoms with van der Waals surface area (Å²) < 4.78 is 0. The fourth-order valence-electron chi connectivity index (χ4n) is 2.44. The zero-order valence-corrected chi connectivity index (χ0v) is 12.2. The molecule has 0 atom stereocenters. The molecule has 0 spiro atoms. The van der Waals surface area contributed by atoms with E-state index in [1.165, 1.54) is 4.90 Å². The Morgan fingerprint density at radius 1 is 1.26 bits per heavy atom. The fourth-order valence-corrected chi connectivity index (χ4v) is 2.44. The second-order valence-electron chi connectivity index (χ2n) is 5.20. The zero-order valence-electron chi connectivity index (χ0n) is 12.2. The van der Waals surface area contributed by atoms with Crippen molar-refractivity contribution in [3.8, 4) is 11.1 Å². The molecule has 0 aliphatic carbocycles. The molecule has 7 nitrogen and oxygen atoms in total. The van der Waals surface area contributed by atoms with Crippen LogP contribution in [0.4, 0.5) is 4.79 Å². The molecule has 1 aliphatic rings. The number of nitrogens with zero attached hydrogens (tertiary/aromatic N) is 3. The number of carbonyl (C=O) groups is 1. The highest BCUT2D eigenvalue weighted by Crippen LogP contribution is 2.25. The molecule has 0 aromatic carbocycles. The van der Waals surface area contributed by atoms with E-state index in [1.54, 1.807) is 24.7 Å². The van der Waals surface area contributed by atoms with E-state index in [0.29, 0.717) is 18.8 Å². The Morgan fingerprint density at radius 2 is 2.04 bits per heavy atom. The van der Waals surface area contributed by atoms with Gasteiger partial charge in [-0.15, -0.1) is 0 Å². The van der Waals surface area contributed by atoms with Crippen molar-refractivity contribution in [1.82, 2.24) is 14.9 Å². The molecule has 0 saturated heterocycles. The molecular weight excluding hydrogens is 294 g/mol. The number of amidine groups is 1. The number of hydrogen-bond donors (Lipinski definition) is 3. The summed E-state index contributed by atoms with van der Waals surface area (Å²) in [5.74, 6) is -0.0911. The Morgan fingerprint density at radius 3 is 2.74 bits per heavy atom. The van der Waals surface area contributed by atoms with Gasteiger partial charge in [0.15, 0.2) is 0 Å². The van der Waals surface area contributed by atoms with Gasteiger partial charge in [-0.05, 0) is 34.9 Å². The predicted octanol–water partition coefficient (Wildman–Crippen LogP) is 1.80.